The van der Waals surface area contributed by atoms with Crippen molar-refractivity contribution >= 4 is 10.1 Å². The van der Waals surface area contributed by atoms with E-state index < -0.39 is 10.1 Å². The highest BCUT2D eigenvalue weighted by molar-refractivity contribution is 7.85. The van der Waals surface area contributed by atoms with Crippen molar-refractivity contribution in [1.82, 2.24) is 6.15 Å². The highest BCUT2D eigenvalue weighted by Crippen LogP contribution is 2.23. The molecule has 26 heavy (non-hydrogen) atoms. The van der Waals surface area contributed by atoms with Crippen LogP contribution >= 0.6 is 0 Å². The van der Waals surface area contributed by atoms with Crippen LogP contribution < -0.4 is 6.15 Å². The van der Waals surface area contributed by atoms with Crippen molar-refractivity contribution in [1.29, 1.82) is 0 Å². The van der Waals surface area contributed by atoms with Gasteiger partial charge < -0.3 is 10.7 Å². The maximum absolute atomic E-state index is 11.5. The van der Waals surface area contributed by atoms with Crippen LogP contribution in [0.5, 0.6) is 0 Å². The van der Waals surface area contributed by atoms with Crippen molar-refractivity contribution in [2.45, 2.75) is 102 Å². The molecule has 0 saturated carbocycles. The van der Waals surface area contributed by atoms with Gasteiger partial charge in [0.1, 0.15) is 10.1 Å². The first-order valence-corrected chi connectivity index (χ1v) is 11.5. The van der Waals surface area contributed by atoms with Gasteiger partial charge in [0.15, 0.2) is 0 Å². The first kappa shape index (κ1) is 25.1. The predicted octanol–water partition coefficient (Wildman–Crippen LogP) is 6.38. The van der Waals surface area contributed by atoms with Crippen LogP contribution in [0, 0.1) is 0 Å². The van der Waals surface area contributed by atoms with Gasteiger partial charge in [0.2, 0.25) is 0 Å². The zero-order chi connectivity index (χ0) is 18.5. The molecule has 1 aromatic carbocycles. The van der Waals surface area contributed by atoms with Gasteiger partial charge in [0.25, 0.3) is 0 Å². The summed E-state index contributed by atoms with van der Waals surface area (Å²) < 4.78 is 34.6. The van der Waals surface area contributed by atoms with E-state index in [0.717, 1.165) is 36.8 Å². The Morgan fingerprint density at radius 2 is 1.31 bits per heavy atom. The minimum absolute atomic E-state index is 0. The molecule has 1 aromatic rings. The Kier molecular flexibility index (Phi) is 13.7. The van der Waals surface area contributed by atoms with Gasteiger partial charge >= 0.3 is 0 Å². The summed E-state index contributed by atoms with van der Waals surface area (Å²) in [5.41, 5.74) is 1.79. The Morgan fingerprint density at radius 3 is 1.81 bits per heavy atom. The second-order valence-electron chi connectivity index (χ2n) is 7.03. The zero-order valence-corrected chi connectivity index (χ0v) is 17.9. The molecule has 4 N–H and O–H groups in total. The van der Waals surface area contributed by atoms with Crippen molar-refractivity contribution in [3.8, 4) is 0 Å². The molecule has 152 valence electrons. The van der Waals surface area contributed by atoms with Gasteiger partial charge in [0.05, 0.1) is 4.90 Å². The SMILES string of the molecule is CCCCCCCCCCCCc1c(CCC)cccc1S(=O)(=O)[O-].[NH4+]. The van der Waals surface area contributed by atoms with Gasteiger partial charge in [-0.2, -0.15) is 0 Å². The second kappa shape index (κ2) is 14.2. The molecule has 0 aliphatic heterocycles. The van der Waals surface area contributed by atoms with Crippen LogP contribution in [-0.4, -0.2) is 13.0 Å². The summed E-state index contributed by atoms with van der Waals surface area (Å²) in [5.74, 6) is 0. The molecule has 0 heterocycles. The van der Waals surface area contributed by atoms with Crippen molar-refractivity contribution in [2.24, 2.45) is 0 Å². The van der Waals surface area contributed by atoms with E-state index in [2.05, 4.69) is 13.8 Å². The number of hydrogen-bond donors (Lipinski definition) is 1. The average molecular weight is 386 g/mol. The van der Waals surface area contributed by atoms with Crippen molar-refractivity contribution < 1.29 is 13.0 Å². The molecule has 1 rings (SSSR count). The first-order valence-electron chi connectivity index (χ1n) is 10.1. The maximum Gasteiger partial charge on any atom is 0.124 e. The fourth-order valence-electron chi connectivity index (χ4n) is 3.42. The Hall–Kier alpha value is -0.910. The highest BCUT2D eigenvalue weighted by atomic mass is 32.2. The lowest BCUT2D eigenvalue weighted by atomic mass is 9.97. The summed E-state index contributed by atoms with van der Waals surface area (Å²) >= 11 is 0. The summed E-state index contributed by atoms with van der Waals surface area (Å²) in [6.45, 7) is 4.31. The molecule has 0 atom stereocenters. The molecule has 0 saturated heterocycles. The summed E-state index contributed by atoms with van der Waals surface area (Å²) in [7, 11) is -4.39. The maximum atomic E-state index is 11.5. The first-order chi connectivity index (χ1) is 12.0. The van der Waals surface area contributed by atoms with Crippen molar-refractivity contribution in [3.05, 3.63) is 29.3 Å². The lowest BCUT2D eigenvalue weighted by Gasteiger charge is -2.17. The van der Waals surface area contributed by atoms with Crippen LogP contribution in [0.25, 0.3) is 0 Å². The number of aryl methyl sites for hydroxylation is 1. The smallest absolute Gasteiger partial charge is 0.124 e. The van der Waals surface area contributed by atoms with Gasteiger partial charge in [-0.25, -0.2) is 8.42 Å². The zero-order valence-electron chi connectivity index (χ0n) is 17.1. The second-order valence-corrected chi connectivity index (χ2v) is 8.38. The van der Waals surface area contributed by atoms with Crippen LogP contribution in [0.1, 0.15) is 95.6 Å². The summed E-state index contributed by atoms with van der Waals surface area (Å²) in [5, 5.41) is 0. The highest BCUT2D eigenvalue weighted by Gasteiger charge is 2.12. The molecule has 0 aliphatic carbocycles. The molecule has 0 aromatic heterocycles. The van der Waals surface area contributed by atoms with E-state index in [9.17, 15) is 13.0 Å². The lowest BCUT2D eigenvalue weighted by Crippen LogP contribution is -2.07. The van der Waals surface area contributed by atoms with Crippen molar-refractivity contribution in [2.75, 3.05) is 0 Å². The molecule has 0 bridgehead atoms. The molecule has 0 aliphatic rings. The number of quaternary nitrogens is 1. The van der Waals surface area contributed by atoms with Gasteiger partial charge in [-0.05, 0) is 36.5 Å². The van der Waals surface area contributed by atoms with Gasteiger partial charge in [-0.15, -0.1) is 0 Å². The van der Waals surface area contributed by atoms with Gasteiger partial charge in [-0.1, -0.05) is 90.2 Å². The van der Waals surface area contributed by atoms with Gasteiger partial charge in [0, 0.05) is 0 Å². The molecule has 4 nitrogen and oxygen atoms in total. The Balaban J connectivity index is 0.00000625. The molecule has 0 unspecified atom stereocenters. The molecule has 0 radical (unpaired) electrons. The molecule has 5 heteroatoms. The third-order valence-electron chi connectivity index (χ3n) is 4.80. The minimum atomic E-state index is -4.39. The topological polar surface area (TPSA) is 93.7 Å². The largest absolute Gasteiger partial charge is 0.744 e. The Labute approximate surface area is 161 Å². The molecular weight excluding hydrogens is 346 g/mol. The van der Waals surface area contributed by atoms with Crippen LogP contribution in [-0.2, 0) is 23.0 Å². The number of benzene rings is 1. The number of rotatable bonds is 14. The Morgan fingerprint density at radius 1 is 0.769 bits per heavy atom. The normalized spacial score (nSPS) is 11.3. The van der Waals surface area contributed by atoms with E-state index in [4.69, 9.17) is 0 Å². The standard InChI is InChI=1S/C21H36O3S.H3N/c1-3-5-6-7-8-9-10-11-12-13-17-20-19(15-4-2)16-14-18-21(20)25(22,23)24;/h14,16,18H,3-13,15,17H2,1-2H3,(H,22,23,24);1H3. The molecular formula is C21H39NO3S. The quantitative estimate of drug-likeness (QED) is 0.297. The average Bonchev–Trinajstić information content (AvgIpc) is 2.57. The lowest BCUT2D eigenvalue weighted by molar-refractivity contribution is 0.461. The third-order valence-corrected chi connectivity index (χ3v) is 5.72. The third kappa shape index (κ3) is 9.70. The van der Waals surface area contributed by atoms with E-state index in [-0.39, 0.29) is 11.0 Å². The summed E-state index contributed by atoms with van der Waals surface area (Å²) in [6, 6.07) is 5.12. The van der Waals surface area contributed by atoms with Gasteiger partial charge in [-0.3, -0.25) is 0 Å². The summed E-state index contributed by atoms with van der Waals surface area (Å²) in [4.78, 5) is -0.00521. The monoisotopic (exact) mass is 385 g/mol. The number of hydrogen-bond acceptors (Lipinski definition) is 3. The predicted molar refractivity (Wildman–Crippen MR) is 110 cm³/mol. The van der Waals surface area contributed by atoms with E-state index in [1.54, 1.807) is 6.07 Å². The molecule has 0 amide bonds. The summed E-state index contributed by atoms with van der Waals surface area (Å²) in [6.07, 6.45) is 15.0. The van der Waals surface area contributed by atoms with Crippen LogP contribution in [0.2, 0.25) is 0 Å². The number of unbranched alkanes of at least 4 members (excludes halogenated alkanes) is 9. The van der Waals surface area contributed by atoms with Crippen molar-refractivity contribution in [3.63, 3.8) is 0 Å². The van der Waals surface area contributed by atoms with Crippen LogP contribution in [0.3, 0.4) is 0 Å². The molecule has 0 spiro atoms. The molecule has 0 fully saturated rings. The fourth-order valence-corrected chi connectivity index (χ4v) is 4.20. The fraction of sp³-hybridized carbons (Fsp3) is 0.714. The van der Waals surface area contributed by atoms with E-state index in [0.29, 0.717) is 6.42 Å². The van der Waals surface area contributed by atoms with E-state index >= 15 is 0 Å². The van der Waals surface area contributed by atoms with Crippen LogP contribution in [0.15, 0.2) is 23.1 Å². The van der Waals surface area contributed by atoms with E-state index in [1.807, 2.05) is 6.07 Å². The minimum Gasteiger partial charge on any atom is -0.744 e. The van der Waals surface area contributed by atoms with E-state index in [1.165, 1.54) is 57.4 Å². The van der Waals surface area contributed by atoms with Crippen LogP contribution in [0.4, 0.5) is 0 Å². The Bertz CT molecular complexity index is 585.